The second-order valence-electron chi connectivity index (χ2n) is 28.0. The van der Waals surface area contributed by atoms with Crippen LogP contribution in [0, 0.1) is 5.92 Å². The molecule has 3 N–H and O–H groups in total. The van der Waals surface area contributed by atoms with Gasteiger partial charge in [-0.05, 0) is 57.3 Å². The van der Waals surface area contributed by atoms with Gasteiger partial charge in [-0.3, -0.25) is 37.3 Å². The Kier molecular flexibility index (Phi) is 69.7. The molecule has 0 aromatic rings. The molecule has 3 unspecified atom stereocenters. The van der Waals surface area contributed by atoms with Gasteiger partial charge >= 0.3 is 39.5 Å². The topological polar surface area (TPSA) is 237 Å². The fourth-order valence-electron chi connectivity index (χ4n) is 11.7. The van der Waals surface area contributed by atoms with Crippen LogP contribution in [0.15, 0.2) is 24.3 Å². The van der Waals surface area contributed by atoms with E-state index in [4.69, 9.17) is 37.0 Å². The lowest BCUT2D eigenvalue weighted by Crippen LogP contribution is -2.30. The van der Waals surface area contributed by atoms with Crippen molar-refractivity contribution in [2.75, 3.05) is 39.6 Å². The standard InChI is InChI=1S/C79H150O17P2/c1-6-10-13-16-19-22-25-28-30-31-32-33-34-35-37-39-42-45-48-55-60-65-79(84)95-74(68-89-76(81)62-57-52-46-43-41-38-36-29-26-23-20-17-14-11-7-2)70-93-97(85,86)91-66-73(80)67-92-98(87,88)94-71-75(69-90-77(82)63-58-53-50-49-51-56-61-72(5)9-4)96-78(83)64-59-54-47-44-40-27-24-21-18-15-12-8-3/h23,26,29,36,72-75,80H,6-22,24-25,27-28,30-35,37-71H2,1-5H3,(H,85,86)(H,87,88)/b26-23-,36-29-/t72?,73-,74-,75-/m1/s1. The Morgan fingerprint density at radius 2 is 0.571 bits per heavy atom. The second kappa shape index (κ2) is 71.5. The van der Waals surface area contributed by atoms with E-state index in [0.29, 0.717) is 25.7 Å². The van der Waals surface area contributed by atoms with Gasteiger partial charge in [0.2, 0.25) is 0 Å². The largest absolute Gasteiger partial charge is 0.472 e. The average Bonchev–Trinajstić information content (AvgIpc) is 1.07. The van der Waals surface area contributed by atoms with Crippen LogP contribution < -0.4 is 0 Å². The lowest BCUT2D eigenvalue weighted by molar-refractivity contribution is -0.161. The van der Waals surface area contributed by atoms with Crippen LogP contribution in [0.4, 0.5) is 0 Å². The molecular formula is C79H150O17P2. The number of carbonyl (C=O) groups is 4. The second-order valence-corrected chi connectivity index (χ2v) is 30.9. The van der Waals surface area contributed by atoms with Crippen molar-refractivity contribution in [1.29, 1.82) is 0 Å². The average molecular weight is 1430 g/mol. The molecule has 0 radical (unpaired) electrons. The minimum absolute atomic E-state index is 0.102. The molecule has 0 spiro atoms. The molecule has 0 saturated carbocycles. The SMILES string of the molecule is CCCCCC/C=C\C=C/CCCCCCCC(=O)OC[C@H](COP(=O)(O)OC[C@@H](O)COP(=O)(O)OC[C@@H](COC(=O)CCCCCCCCC(C)CC)OC(=O)CCCCCCCCCCCCCC)OC(=O)CCCCCCCCCCCCCCCCCCCCCCC. The summed E-state index contributed by atoms with van der Waals surface area (Å²) >= 11 is 0. The molecule has 6 atom stereocenters. The van der Waals surface area contributed by atoms with E-state index >= 15 is 0 Å². The van der Waals surface area contributed by atoms with Crippen molar-refractivity contribution in [1.82, 2.24) is 0 Å². The number of phosphoric acid groups is 2. The number of rotatable bonds is 77. The van der Waals surface area contributed by atoms with E-state index in [-0.39, 0.29) is 25.7 Å². The quantitative estimate of drug-likeness (QED) is 0.0169. The zero-order chi connectivity index (χ0) is 71.9. The molecule has 0 rings (SSSR count). The van der Waals surface area contributed by atoms with Crippen LogP contribution in [0.3, 0.4) is 0 Å². The molecule has 0 aromatic carbocycles. The molecule has 19 heteroatoms. The molecule has 0 amide bonds. The molecule has 0 aliphatic carbocycles. The molecule has 0 aliphatic heterocycles. The highest BCUT2D eigenvalue weighted by molar-refractivity contribution is 7.47. The van der Waals surface area contributed by atoms with E-state index in [1.807, 2.05) is 0 Å². The third-order valence-corrected chi connectivity index (χ3v) is 20.2. The van der Waals surface area contributed by atoms with Gasteiger partial charge in [-0.2, -0.15) is 0 Å². The Morgan fingerprint density at radius 3 is 0.867 bits per heavy atom. The van der Waals surface area contributed by atoms with Gasteiger partial charge in [-0.15, -0.1) is 0 Å². The van der Waals surface area contributed by atoms with E-state index in [2.05, 4.69) is 58.9 Å². The van der Waals surface area contributed by atoms with E-state index in [1.54, 1.807) is 0 Å². The summed E-state index contributed by atoms with van der Waals surface area (Å²) in [6, 6.07) is 0. The molecule has 17 nitrogen and oxygen atoms in total. The van der Waals surface area contributed by atoms with Crippen LogP contribution in [0.25, 0.3) is 0 Å². The highest BCUT2D eigenvalue weighted by Gasteiger charge is 2.30. The van der Waals surface area contributed by atoms with Crippen LogP contribution in [0.5, 0.6) is 0 Å². The molecule has 0 bridgehead atoms. The highest BCUT2D eigenvalue weighted by atomic mass is 31.2. The van der Waals surface area contributed by atoms with Crippen molar-refractivity contribution in [3.8, 4) is 0 Å². The van der Waals surface area contributed by atoms with Gasteiger partial charge in [0, 0.05) is 25.7 Å². The van der Waals surface area contributed by atoms with Crippen LogP contribution in [0.1, 0.15) is 394 Å². The lowest BCUT2D eigenvalue weighted by atomic mass is 10.00. The Balaban J connectivity index is 5.24. The maximum absolute atomic E-state index is 13.1. The first-order chi connectivity index (χ1) is 47.6. The Hall–Kier alpha value is -2.46. The minimum Gasteiger partial charge on any atom is -0.462 e. The molecular weight excluding hydrogens is 1280 g/mol. The monoisotopic (exact) mass is 1430 g/mol. The number of ether oxygens (including phenoxy) is 4. The number of hydrogen-bond donors (Lipinski definition) is 3. The lowest BCUT2D eigenvalue weighted by Gasteiger charge is -2.21. The summed E-state index contributed by atoms with van der Waals surface area (Å²) in [5.41, 5.74) is 0. The number of phosphoric ester groups is 2. The summed E-state index contributed by atoms with van der Waals surface area (Å²) in [6.07, 6.45) is 64.7. The summed E-state index contributed by atoms with van der Waals surface area (Å²) in [5, 5.41) is 10.6. The molecule has 0 aliphatic rings. The van der Waals surface area contributed by atoms with Crippen LogP contribution in [-0.2, 0) is 65.4 Å². The normalized spacial score (nSPS) is 14.3. The number of esters is 4. The Morgan fingerprint density at radius 1 is 0.327 bits per heavy atom. The zero-order valence-electron chi connectivity index (χ0n) is 63.4. The van der Waals surface area contributed by atoms with Gasteiger partial charge in [0.1, 0.15) is 19.3 Å². The van der Waals surface area contributed by atoms with E-state index in [9.17, 15) is 43.2 Å². The third-order valence-electron chi connectivity index (χ3n) is 18.3. The number of unbranched alkanes of at least 4 members (excludes halogenated alkanes) is 45. The van der Waals surface area contributed by atoms with Gasteiger partial charge < -0.3 is 33.8 Å². The number of aliphatic hydroxyl groups excluding tert-OH is 1. The van der Waals surface area contributed by atoms with Crippen molar-refractivity contribution in [2.45, 2.75) is 412 Å². The van der Waals surface area contributed by atoms with Crippen LogP contribution in [0.2, 0.25) is 0 Å². The molecule has 98 heavy (non-hydrogen) atoms. The van der Waals surface area contributed by atoms with Crippen LogP contribution in [-0.4, -0.2) is 96.7 Å². The van der Waals surface area contributed by atoms with Gasteiger partial charge in [-0.25, -0.2) is 9.13 Å². The first-order valence-corrected chi connectivity index (χ1v) is 43.5. The number of allylic oxidation sites excluding steroid dienone is 4. The van der Waals surface area contributed by atoms with Gasteiger partial charge in [0.15, 0.2) is 12.2 Å². The fourth-order valence-corrected chi connectivity index (χ4v) is 13.2. The van der Waals surface area contributed by atoms with Crippen molar-refractivity contribution in [2.24, 2.45) is 5.92 Å². The maximum Gasteiger partial charge on any atom is 0.472 e. The summed E-state index contributed by atoms with van der Waals surface area (Å²) in [7, 11) is -9.92. The third kappa shape index (κ3) is 70.6. The number of aliphatic hydroxyl groups is 1. The minimum atomic E-state index is -4.97. The number of hydrogen-bond acceptors (Lipinski definition) is 15. The van der Waals surface area contributed by atoms with E-state index < -0.39 is 97.5 Å². The van der Waals surface area contributed by atoms with Crippen molar-refractivity contribution >= 4 is 39.5 Å². The van der Waals surface area contributed by atoms with Gasteiger partial charge in [-0.1, -0.05) is 341 Å². The summed E-state index contributed by atoms with van der Waals surface area (Å²) in [4.78, 5) is 72.9. The van der Waals surface area contributed by atoms with Crippen molar-refractivity contribution in [3.63, 3.8) is 0 Å². The first-order valence-electron chi connectivity index (χ1n) is 40.5. The fraction of sp³-hybridized carbons (Fsp3) is 0.899. The van der Waals surface area contributed by atoms with Gasteiger partial charge in [0.25, 0.3) is 0 Å². The van der Waals surface area contributed by atoms with Gasteiger partial charge in [0.05, 0.1) is 26.4 Å². The maximum atomic E-state index is 13.1. The Bertz CT molecular complexity index is 1970. The predicted octanol–water partition coefficient (Wildman–Crippen LogP) is 23.2. The zero-order valence-corrected chi connectivity index (χ0v) is 65.2. The molecule has 0 heterocycles. The number of carbonyl (C=O) groups excluding carboxylic acids is 4. The Labute approximate surface area is 599 Å². The summed E-state index contributed by atoms with van der Waals surface area (Å²) in [5.74, 6) is -1.41. The van der Waals surface area contributed by atoms with E-state index in [1.165, 1.54) is 193 Å². The molecule has 0 fully saturated rings. The highest BCUT2D eigenvalue weighted by Crippen LogP contribution is 2.45. The van der Waals surface area contributed by atoms with E-state index in [0.717, 1.165) is 121 Å². The first kappa shape index (κ1) is 95.5. The van der Waals surface area contributed by atoms with Crippen LogP contribution >= 0.6 is 15.6 Å². The molecule has 0 aromatic heterocycles. The molecule has 578 valence electrons. The summed E-state index contributed by atoms with van der Waals surface area (Å²) < 4.78 is 68.5. The predicted molar refractivity (Wildman–Crippen MR) is 400 cm³/mol. The molecule has 0 saturated heterocycles. The summed E-state index contributed by atoms with van der Waals surface area (Å²) in [6.45, 7) is 7.20. The van der Waals surface area contributed by atoms with Crippen molar-refractivity contribution < 1.29 is 80.2 Å². The van der Waals surface area contributed by atoms with Crippen molar-refractivity contribution in [3.05, 3.63) is 24.3 Å². The smallest absolute Gasteiger partial charge is 0.462 e.